The molecule has 10 heteroatoms. The number of methoxy groups -OCH3 is 1. The highest BCUT2D eigenvalue weighted by atomic mass is 16.6. The fraction of sp³-hybridized carbons (Fsp3) is 0.524. The standard InChI is InChI=1S/C21H28N6O4/c1-24-14-16(13-23-24)17-11-19(27(29)30)20(31-2)12-18(17)25-7-3-15(4-8-25)21(28)26-9-5-22-6-10-26/h11-15,22H,3-10H2,1-2H3. The minimum Gasteiger partial charge on any atom is -0.490 e. The van der Waals surface area contributed by atoms with Gasteiger partial charge >= 0.3 is 5.69 Å². The number of benzene rings is 1. The Bertz CT molecular complexity index is 961. The number of aryl methyl sites for hydroxylation is 1. The Morgan fingerprint density at radius 2 is 1.94 bits per heavy atom. The molecule has 3 heterocycles. The molecule has 0 bridgehead atoms. The van der Waals surface area contributed by atoms with Crippen molar-refractivity contribution in [3.63, 3.8) is 0 Å². The van der Waals surface area contributed by atoms with E-state index in [-0.39, 0.29) is 23.3 Å². The Balaban J connectivity index is 1.59. The van der Waals surface area contributed by atoms with Gasteiger partial charge in [0.2, 0.25) is 5.91 Å². The molecule has 0 aliphatic carbocycles. The minimum absolute atomic E-state index is 0.0242. The molecule has 31 heavy (non-hydrogen) atoms. The summed E-state index contributed by atoms with van der Waals surface area (Å²) < 4.78 is 6.99. The lowest BCUT2D eigenvalue weighted by atomic mass is 9.93. The van der Waals surface area contributed by atoms with E-state index in [9.17, 15) is 14.9 Å². The van der Waals surface area contributed by atoms with Crippen LogP contribution in [0.3, 0.4) is 0 Å². The Labute approximate surface area is 180 Å². The van der Waals surface area contributed by atoms with Crippen LogP contribution in [0.15, 0.2) is 24.5 Å². The number of piperazine rings is 1. The number of anilines is 1. The number of nitro benzene ring substituents is 1. The third kappa shape index (κ3) is 4.34. The van der Waals surface area contributed by atoms with Gasteiger partial charge in [0.25, 0.3) is 0 Å². The molecule has 4 rings (SSSR count). The van der Waals surface area contributed by atoms with Gasteiger partial charge in [-0.3, -0.25) is 19.6 Å². The smallest absolute Gasteiger partial charge is 0.311 e. The van der Waals surface area contributed by atoms with Gasteiger partial charge in [-0.25, -0.2) is 0 Å². The number of piperidine rings is 1. The summed E-state index contributed by atoms with van der Waals surface area (Å²) in [6, 6.07) is 3.29. The molecule has 1 aromatic carbocycles. The summed E-state index contributed by atoms with van der Waals surface area (Å²) in [5.74, 6) is 0.498. The number of aromatic nitrogens is 2. The van der Waals surface area contributed by atoms with Gasteiger partial charge in [-0.05, 0) is 12.8 Å². The van der Waals surface area contributed by atoms with Gasteiger partial charge in [0.05, 0.1) is 18.2 Å². The summed E-state index contributed by atoms with van der Waals surface area (Å²) in [5, 5.41) is 19.1. The number of nitrogens with zero attached hydrogens (tertiary/aromatic N) is 5. The predicted octanol–water partition coefficient (Wildman–Crippen LogP) is 1.65. The summed E-state index contributed by atoms with van der Waals surface area (Å²) in [6.07, 6.45) is 5.06. The summed E-state index contributed by atoms with van der Waals surface area (Å²) in [6.45, 7) is 4.64. The van der Waals surface area contributed by atoms with Gasteiger partial charge in [0.15, 0.2) is 5.75 Å². The fourth-order valence-corrected chi connectivity index (χ4v) is 4.43. The lowest BCUT2D eigenvalue weighted by molar-refractivity contribution is -0.385. The van der Waals surface area contributed by atoms with Crippen molar-refractivity contribution in [1.82, 2.24) is 20.0 Å². The molecule has 2 aliphatic rings. The molecule has 2 aliphatic heterocycles. The topological polar surface area (TPSA) is 106 Å². The van der Waals surface area contributed by atoms with Crippen molar-refractivity contribution in [2.75, 3.05) is 51.3 Å². The first-order valence-electron chi connectivity index (χ1n) is 10.6. The van der Waals surface area contributed by atoms with Crippen molar-refractivity contribution in [2.45, 2.75) is 12.8 Å². The molecule has 2 saturated heterocycles. The number of hydrogen-bond acceptors (Lipinski definition) is 7. The molecule has 10 nitrogen and oxygen atoms in total. The lowest BCUT2D eigenvalue weighted by Crippen LogP contribution is -2.50. The first-order chi connectivity index (χ1) is 15.0. The third-order valence-corrected chi connectivity index (χ3v) is 6.12. The van der Waals surface area contributed by atoms with E-state index in [1.54, 1.807) is 23.0 Å². The van der Waals surface area contributed by atoms with Crippen LogP contribution in [0.1, 0.15) is 12.8 Å². The van der Waals surface area contributed by atoms with Crippen LogP contribution in [-0.2, 0) is 11.8 Å². The average Bonchev–Trinajstić information content (AvgIpc) is 3.24. The van der Waals surface area contributed by atoms with Crippen LogP contribution in [0.5, 0.6) is 5.75 Å². The van der Waals surface area contributed by atoms with Gasteiger partial charge in [0.1, 0.15) is 0 Å². The van der Waals surface area contributed by atoms with Crippen molar-refractivity contribution in [1.29, 1.82) is 0 Å². The van der Waals surface area contributed by atoms with E-state index in [4.69, 9.17) is 4.74 Å². The van der Waals surface area contributed by atoms with Crippen LogP contribution < -0.4 is 15.0 Å². The molecule has 1 N–H and O–H groups in total. The minimum atomic E-state index is -0.430. The molecular weight excluding hydrogens is 400 g/mol. The Morgan fingerprint density at radius 1 is 1.23 bits per heavy atom. The fourth-order valence-electron chi connectivity index (χ4n) is 4.43. The second-order valence-electron chi connectivity index (χ2n) is 8.04. The van der Waals surface area contributed by atoms with Crippen molar-refractivity contribution in [3.8, 4) is 16.9 Å². The highest BCUT2D eigenvalue weighted by Gasteiger charge is 2.31. The highest BCUT2D eigenvalue weighted by molar-refractivity contribution is 5.83. The van der Waals surface area contributed by atoms with Gasteiger partial charge in [-0.15, -0.1) is 0 Å². The number of hydrogen-bond donors (Lipinski definition) is 1. The second kappa shape index (κ2) is 8.93. The predicted molar refractivity (Wildman–Crippen MR) is 116 cm³/mol. The third-order valence-electron chi connectivity index (χ3n) is 6.12. The maximum atomic E-state index is 12.9. The van der Waals surface area contributed by atoms with Crippen LogP contribution in [0.2, 0.25) is 0 Å². The molecule has 0 atom stereocenters. The van der Waals surface area contributed by atoms with Crippen molar-refractivity contribution < 1.29 is 14.5 Å². The van der Waals surface area contributed by atoms with Crippen molar-refractivity contribution >= 4 is 17.3 Å². The zero-order valence-corrected chi connectivity index (χ0v) is 17.9. The van der Waals surface area contributed by atoms with E-state index in [2.05, 4.69) is 15.3 Å². The lowest BCUT2D eigenvalue weighted by Gasteiger charge is -2.37. The number of amides is 1. The Morgan fingerprint density at radius 3 is 2.52 bits per heavy atom. The Hall–Kier alpha value is -3.14. The number of nitro groups is 1. The van der Waals surface area contributed by atoms with Crippen LogP contribution in [-0.4, -0.2) is 71.9 Å². The summed E-state index contributed by atoms with van der Waals surface area (Å²) in [5.41, 5.74) is 2.34. The van der Waals surface area contributed by atoms with Gasteiger partial charge in [-0.2, -0.15) is 5.10 Å². The maximum absolute atomic E-state index is 12.9. The van der Waals surface area contributed by atoms with Crippen LogP contribution >= 0.6 is 0 Å². The van der Waals surface area contributed by atoms with Crippen molar-refractivity contribution in [3.05, 3.63) is 34.6 Å². The first-order valence-corrected chi connectivity index (χ1v) is 10.6. The van der Waals surface area contributed by atoms with Crippen LogP contribution in [0, 0.1) is 16.0 Å². The summed E-state index contributed by atoms with van der Waals surface area (Å²) >= 11 is 0. The molecule has 2 aromatic rings. The van der Waals surface area contributed by atoms with Gasteiger partial charge in [-0.1, -0.05) is 0 Å². The summed E-state index contributed by atoms with van der Waals surface area (Å²) in [7, 11) is 3.25. The zero-order chi connectivity index (χ0) is 22.0. The number of carbonyl (C=O) groups excluding carboxylic acids is 1. The number of ether oxygens (including phenoxy) is 1. The molecule has 0 radical (unpaired) electrons. The Kier molecular flexibility index (Phi) is 6.08. The summed E-state index contributed by atoms with van der Waals surface area (Å²) in [4.78, 5) is 28.2. The van der Waals surface area contributed by atoms with Gasteiger partial charge in [0, 0.05) is 87.4 Å². The van der Waals surface area contributed by atoms with Crippen molar-refractivity contribution in [2.24, 2.45) is 13.0 Å². The largest absolute Gasteiger partial charge is 0.490 e. The molecule has 0 spiro atoms. The van der Waals surface area contributed by atoms with Crippen LogP contribution in [0.4, 0.5) is 11.4 Å². The van der Waals surface area contributed by atoms with Gasteiger partial charge < -0.3 is 19.9 Å². The van der Waals surface area contributed by atoms with E-state index < -0.39 is 4.92 Å². The van der Waals surface area contributed by atoms with E-state index in [0.29, 0.717) is 13.1 Å². The quantitative estimate of drug-likeness (QED) is 0.570. The second-order valence-corrected chi connectivity index (χ2v) is 8.04. The molecule has 0 unspecified atom stereocenters. The molecule has 2 fully saturated rings. The zero-order valence-electron chi connectivity index (χ0n) is 17.9. The van der Waals surface area contributed by atoms with Crippen LogP contribution in [0.25, 0.3) is 11.1 Å². The monoisotopic (exact) mass is 428 g/mol. The van der Waals surface area contributed by atoms with E-state index in [1.165, 1.54) is 7.11 Å². The molecular formula is C21H28N6O4. The normalized spacial score (nSPS) is 17.6. The molecule has 166 valence electrons. The molecule has 0 saturated carbocycles. The maximum Gasteiger partial charge on any atom is 0.311 e. The average molecular weight is 428 g/mol. The highest BCUT2D eigenvalue weighted by Crippen LogP contribution is 2.41. The SMILES string of the molecule is COc1cc(N2CCC(C(=O)N3CCNCC3)CC2)c(-c2cnn(C)c2)cc1[N+](=O)[O-]. The number of carbonyl (C=O) groups is 1. The molecule has 1 aromatic heterocycles. The van der Waals surface area contributed by atoms with E-state index >= 15 is 0 Å². The van der Waals surface area contributed by atoms with E-state index in [0.717, 1.165) is 55.8 Å². The molecule has 1 amide bonds. The van der Waals surface area contributed by atoms with E-state index in [1.807, 2.05) is 18.1 Å². The number of nitrogens with one attached hydrogen (secondary N) is 1. The number of rotatable bonds is 5. The first kappa shape index (κ1) is 21.1.